The van der Waals surface area contributed by atoms with Crippen molar-refractivity contribution in [2.75, 3.05) is 24.1 Å². The van der Waals surface area contributed by atoms with Crippen molar-refractivity contribution in [1.29, 1.82) is 5.26 Å². The Bertz CT molecular complexity index is 1100. The number of nitrogens with zero attached hydrogens (tertiary/aromatic N) is 3. The second-order valence-electron chi connectivity index (χ2n) is 7.12. The first-order chi connectivity index (χ1) is 14.9. The van der Waals surface area contributed by atoms with E-state index in [0.29, 0.717) is 40.0 Å². The molecule has 0 saturated carbocycles. The van der Waals surface area contributed by atoms with Crippen LogP contribution in [0, 0.1) is 11.3 Å². The van der Waals surface area contributed by atoms with Crippen LogP contribution in [0.3, 0.4) is 0 Å². The van der Waals surface area contributed by atoms with Crippen molar-refractivity contribution >= 4 is 55.2 Å². The third-order valence-corrected chi connectivity index (χ3v) is 7.53. The number of fused-ring (bicyclic) bond motifs is 1. The first kappa shape index (κ1) is 22.1. The summed E-state index contributed by atoms with van der Waals surface area (Å²) in [7, 11) is 0. The zero-order valence-corrected chi connectivity index (χ0v) is 20.6. The number of amides is 1. The molecule has 1 amide bonds. The number of ether oxygens (including phenoxy) is 1. The van der Waals surface area contributed by atoms with E-state index in [2.05, 4.69) is 42.8 Å². The van der Waals surface area contributed by atoms with E-state index in [4.69, 9.17) is 4.74 Å². The number of benzene rings is 2. The molecule has 2 aromatic rings. The van der Waals surface area contributed by atoms with E-state index in [0.717, 1.165) is 15.7 Å². The predicted octanol–water partition coefficient (Wildman–Crippen LogP) is 5.54. The number of nitriles is 1. The molecule has 9 heteroatoms. The molecule has 2 aliphatic rings. The van der Waals surface area contributed by atoms with Crippen LogP contribution in [-0.4, -0.2) is 35.1 Å². The lowest BCUT2D eigenvalue weighted by atomic mass is 9.86. The summed E-state index contributed by atoms with van der Waals surface area (Å²) < 4.78 is 7.01. The van der Waals surface area contributed by atoms with Crippen LogP contribution in [0.4, 0.5) is 5.69 Å². The fourth-order valence-corrected chi connectivity index (χ4v) is 5.61. The van der Waals surface area contributed by atoms with Gasteiger partial charge in [-0.2, -0.15) is 5.26 Å². The van der Waals surface area contributed by atoms with Gasteiger partial charge in [0.05, 0.1) is 40.3 Å². The number of phenols is 1. The molecule has 0 aliphatic carbocycles. The highest BCUT2D eigenvalue weighted by molar-refractivity contribution is 9.10. The smallest absolute Gasteiger partial charge is 0.229 e. The molecule has 2 heterocycles. The van der Waals surface area contributed by atoms with E-state index in [-0.39, 0.29) is 24.0 Å². The van der Waals surface area contributed by atoms with Crippen LogP contribution in [0.15, 0.2) is 55.9 Å². The van der Waals surface area contributed by atoms with Gasteiger partial charge in [0, 0.05) is 22.5 Å². The van der Waals surface area contributed by atoms with Gasteiger partial charge in [-0.25, -0.2) is 0 Å². The van der Waals surface area contributed by atoms with Crippen molar-refractivity contribution in [1.82, 2.24) is 4.90 Å². The third-order valence-electron chi connectivity index (χ3n) is 5.24. The molecule has 1 atom stereocenters. The highest BCUT2D eigenvalue weighted by Gasteiger charge is 2.38. The number of rotatable bonds is 4. The Hall–Kier alpha value is -2.15. The van der Waals surface area contributed by atoms with Crippen molar-refractivity contribution in [3.05, 3.63) is 61.5 Å². The number of carbonyl (C=O) groups excluding carboxylic acids is 1. The molecule has 2 aromatic carbocycles. The van der Waals surface area contributed by atoms with Crippen molar-refractivity contribution in [3.63, 3.8) is 0 Å². The van der Waals surface area contributed by atoms with Gasteiger partial charge in [-0.1, -0.05) is 27.7 Å². The summed E-state index contributed by atoms with van der Waals surface area (Å²) in [6.07, 6.45) is 0.184. The van der Waals surface area contributed by atoms with Gasteiger partial charge in [0.25, 0.3) is 0 Å². The van der Waals surface area contributed by atoms with E-state index in [1.807, 2.05) is 31.2 Å². The van der Waals surface area contributed by atoms with Crippen molar-refractivity contribution in [2.45, 2.75) is 19.3 Å². The molecule has 0 unspecified atom stereocenters. The second kappa shape index (κ2) is 9.15. The Morgan fingerprint density at radius 1 is 1.29 bits per heavy atom. The van der Waals surface area contributed by atoms with Gasteiger partial charge in [-0.05, 0) is 64.8 Å². The van der Waals surface area contributed by atoms with E-state index >= 15 is 0 Å². The minimum Gasteiger partial charge on any atom is -0.503 e. The van der Waals surface area contributed by atoms with Crippen LogP contribution in [-0.2, 0) is 4.79 Å². The average Bonchev–Trinajstić information content (AvgIpc) is 2.77. The fourth-order valence-electron chi connectivity index (χ4n) is 3.72. The Balaban J connectivity index is 1.68. The predicted molar refractivity (Wildman–Crippen MR) is 128 cm³/mol. The standard InChI is InChI=1S/C22H19Br2N3O3S/c1-2-30-19-8-13(7-18(24)21(19)29)16-9-20(28)27-11-26(12-31-22(27)17(16)10-25)15-5-3-14(23)4-6-15/h3-8,16,29H,2,9,11-12H2,1H3/t16-/m1/s1. The van der Waals surface area contributed by atoms with E-state index in [9.17, 15) is 15.2 Å². The third kappa shape index (κ3) is 4.29. The highest BCUT2D eigenvalue weighted by Crippen LogP contribution is 2.46. The summed E-state index contributed by atoms with van der Waals surface area (Å²) in [5, 5.41) is 20.9. The van der Waals surface area contributed by atoms with Crippen LogP contribution < -0.4 is 9.64 Å². The van der Waals surface area contributed by atoms with Gasteiger partial charge in [0.2, 0.25) is 5.91 Å². The quantitative estimate of drug-likeness (QED) is 0.526. The average molecular weight is 565 g/mol. The number of carbonyl (C=O) groups is 1. The van der Waals surface area contributed by atoms with Gasteiger partial charge < -0.3 is 14.7 Å². The lowest BCUT2D eigenvalue weighted by molar-refractivity contribution is -0.129. The normalized spacial score (nSPS) is 18.6. The molecule has 31 heavy (non-hydrogen) atoms. The zero-order valence-electron chi connectivity index (χ0n) is 16.6. The maximum absolute atomic E-state index is 13.1. The molecule has 0 bridgehead atoms. The lowest BCUT2D eigenvalue weighted by Crippen LogP contribution is -2.47. The first-order valence-corrected chi connectivity index (χ1v) is 12.2. The number of hydrogen-bond acceptors (Lipinski definition) is 6. The topological polar surface area (TPSA) is 76.8 Å². The Morgan fingerprint density at radius 2 is 2.03 bits per heavy atom. The van der Waals surface area contributed by atoms with Gasteiger partial charge in [-0.15, -0.1) is 0 Å². The van der Waals surface area contributed by atoms with Gasteiger partial charge in [-0.3, -0.25) is 9.69 Å². The number of phenolic OH excluding ortho intramolecular Hbond substituents is 1. The molecule has 0 aromatic heterocycles. The summed E-state index contributed by atoms with van der Waals surface area (Å²) in [5.74, 6) is 0.573. The first-order valence-electron chi connectivity index (χ1n) is 9.66. The van der Waals surface area contributed by atoms with Crippen molar-refractivity contribution < 1.29 is 14.6 Å². The molecule has 160 valence electrons. The zero-order chi connectivity index (χ0) is 22.1. The molecule has 1 fully saturated rings. The maximum Gasteiger partial charge on any atom is 0.229 e. The Labute approximate surface area is 201 Å². The van der Waals surface area contributed by atoms with Crippen LogP contribution in [0.5, 0.6) is 11.5 Å². The molecule has 0 radical (unpaired) electrons. The van der Waals surface area contributed by atoms with Crippen LogP contribution in [0.25, 0.3) is 0 Å². The Morgan fingerprint density at radius 3 is 2.71 bits per heavy atom. The molecule has 1 N–H and O–H groups in total. The number of thioether (sulfide) groups is 1. The summed E-state index contributed by atoms with van der Waals surface area (Å²) in [6, 6.07) is 13.8. The highest BCUT2D eigenvalue weighted by atomic mass is 79.9. The van der Waals surface area contributed by atoms with Crippen molar-refractivity contribution in [2.24, 2.45) is 0 Å². The number of anilines is 1. The minimum absolute atomic E-state index is 0.0118. The monoisotopic (exact) mass is 563 g/mol. The number of aromatic hydroxyl groups is 1. The molecule has 2 aliphatic heterocycles. The summed E-state index contributed by atoms with van der Waals surface area (Å²) >= 11 is 8.30. The summed E-state index contributed by atoms with van der Waals surface area (Å²) in [5.41, 5.74) is 2.35. The molecular formula is C22H19Br2N3O3S. The minimum atomic E-state index is -0.383. The molecular weight excluding hydrogens is 546 g/mol. The van der Waals surface area contributed by atoms with E-state index in [1.165, 1.54) is 11.8 Å². The van der Waals surface area contributed by atoms with Gasteiger partial charge in [0.1, 0.15) is 0 Å². The van der Waals surface area contributed by atoms with Crippen LogP contribution in [0.1, 0.15) is 24.8 Å². The maximum atomic E-state index is 13.1. The molecule has 6 nitrogen and oxygen atoms in total. The number of halogens is 2. The summed E-state index contributed by atoms with van der Waals surface area (Å²) in [4.78, 5) is 16.9. The second-order valence-corrected chi connectivity index (χ2v) is 9.83. The molecule has 1 saturated heterocycles. The van der Waals surface area contributed by atoms with E-state index in [1.54, 1.807) is 17.0 Å². The largest absolute Gasteiger partial charge is 0.503 e. The van der Waals surface area contributed by atoms with Gasteiger partial charge >= 0.3 is 0 Å². The lowest BCUT2D eigenvalue weighted by Gasteiger charge is -2.42. The SMILES string of the molecule is CCOc1cc([C@H]2CC(=O)N3CN(c4ccc(Br)cc4)CSC3=C2C#N)cc(Br)c1O. The van der Waals surface area contributed by atoms with Crippen molar-refractivity contribution in [3.8, 4) is 17.6 Å². The van der Waals surface area contributed by atoms with Gasteiger partial charge in [0.15, 0.2) is 11.5 Å². The van der Waals surface area contributed by atoms with Crippen LogP contribution >= 0.6 is 43.6 Å². The number of allylic oxidation sites excluding steroid dienone is 1. The fraction of sp³-hybridized carbons (Fsp3) is 0.273. The summed E-state index contributed by atoms with van der Waals surface area (Å²) in [6.45, 7) is 2.64. The van der Waals surface area contributed by atoms with Crippen LogP contribution in [0.2, 0.25) is 0 Å². The van der Waals surface area contributed by atoms with E-state index < -0.39 is 0 Å². The molecule has 0 spiro atoms. The molecule has 4 rings (SSSR count). The number of hydrogen-bond donors (Lipinski definition) is 1. The Kier molecular flexibility index (Phi) is 6.51.